The number of hydrogen-bond acceptors (Lipinski definition) is 5. The van der Waals surface area contributed by atoms with Crippen LogP contribution in [-0.2, 0) is 6.42 Å². The van der Waals surface area contributed by atoms with Gasteiger partial charge in [0, 0.05) is 29.1 Å². The zero-order valence-corrected chi connectivity index (χ0v) is 15.1. The minimum Gasteiger partial charge on any atom is -0.508 e. The van der Waals surface area contributed by atoms with Gasteiger partial charge >= 0.3 is 0 Å². The molecule has 0 aliphatic heterocycles. The molecule has 0 saturated heterocycles. The maximum absolute atomic E-state index is 10.3. The molecule has 5 heteroatoms. The first-order chi connectivity index (χ1) is 13.7. The molecule has 0 fully saturated rings. The van der Waals surface area contributed by atoms with E-state index in [1.165, 1.54) is 12.1 Å². The summed E-state index contributed by atoms with van der Waals surface area (Å²) >= 11 is 0. The summed E-state index contributed by atoms with van der Waals surface area (Å²) in [7, 11) is 0. The van der Waals surface area contributed by atoms with Crippen LogP contribution in [0.25, 0.3) is 10.9 Å². The number of para-hydroxylation sites is 2. The molecule has 28 heavy (non-hydrogen) atoms. The third kappa shape index (κ3) is 3.94. The Morgan fingerprint density at radius 3 is 2.46 bits per heavy atom. The van der Waals surface area contributed by atoms with E-state index in [1.807, 2.05) is 66.7 Å². The van der Waals surface area contributed by atoms with Gasteiger partial charge in [0.15, 0.2) is 0 Å². The largest absolute Gasteiger partial charge is 0.508 e. The molecule has 0 aliphatic rings. The van der Waals surface area contributed by atoms with Crippen molar-refractivity contribution in [1.82, 2.24) is 4.98 Å². The van der Waals surface area contributed by atoms with Crippen LogP contribution in [0.3, 0.4) is 0 Å². The second-order valence-electron chi connectivity index (χ2n) is 6.41. The molecule has 0 atom stereocenters. The van der Waals surface area contributed by atoms with Crippen molar-refractivity contribution in [1.29, 1.82) is 0 Å². The van der Waals surface area contributed by atoms with Gasteiger partial charge in [-0.05, 0) is 36.4 Å². The number of hydrazone groups is 1. The number of phenols is 2. The molecule has 3 aromatic carbocycles. The van der Waals surface area contributed by atoms with Gasteiger partial charge < -0.3 is 10.2 Å². The van der Waals surface area contributed by atoms with E-state index in [-0.39, 0.29) is 11.5 Å². The highest BCUT2D eigenvalue weighted by Gasteiger charge is 2.12. The van der Waals surface area contributed by atoms with Crippen LogP contribution in [0.2, 0.25) is 0 Å². The fourth-order valence-electron chi connectivity index (χ4n) is 2.98. The monoisotopic (exact) mass is 369 g/mol. The molecular weight excluding hydrogens is 350 g/mol. The molecule has 0 unspecified atom stereocenters. The van der Waals surface area contributed by atoms with Gasteiger partial charge in [0.1, 0.15) is 11.5 Å². The quantitative estimate of drug-likeness (QED) is 0.352. The highest BCUT2D eigenvalue weighted by atomic mass is 16.3. The van der Waals surface area contributed by atoms with Crippen molar-refractivity contribution >= 4 is 22.3 Å². The van der Waals surface area contributed by atoms with Crippen molar-refractivity contribution in [3.8, 4) is 11.5 Å². The lowest BCUT2D eigenvalue weighted by Gasteiger charge is -2.11. The zero-order valence-electron chi connectivity index (χ0n) is 15.1. The van der Waals surface area contributed by atoms with Crippen LogP contribution in [0.15, 0.2) is 90.0 Å². The fraction of sp³-hybridized carbons (Fsp3) is 0.0435. The number of nitrogens with one attached hydrogen (secondary N) is 1. The summed E-state index contributed by atoms with van der Waals surface area (Å²) in [6.07, 6.45) is 0.420. The first-order valence-electron chi connectivity index (χ1n) is 8.94. The Morgan fingerprint density at radius 2 is 1.64 bits per heavy atom. The minimum atomic E-state index is -0.0330. The maximum atomic E-state index is 10.3. The molecule has 0 radical (unpaired) electrons. The Bertz CT molecular complexity index is 1140. The summed E-state index contributed by atoms with van der Waals surface area (Å²) in [6, 6.07) is 26.0. The smallest absolute Gasteiger partial charge is 0.128 e. The predicted octanol–water partition coefficient (Wildman–Crippen LogP) is 4.70. The van der Waals surface area contributed by atoms with Crippen LogP contribution in [0.1, 0.15) is 11.3 Å². The predicted molar refractivity (Wildman–Crippen MR) is 112 cm³/mol. The highest BCUT2D eigenvalue weighted by Crippen LogP contribution is 2.25. The van der Waals surface area contributed by atoms with Gasteiger partial charge in [0.2, 0.25) is 0 Å². The second-order valence-corrected chi connectivity index (χ2v) is 6.41. The van der Waals surface area contributed by atoms with Crippen LogP contribution in [0.4, 0.5) is 5.69 Å². The summed E-state index contributed by atoms with van der Waals surface area (Å²) in [5, 5.41) is 25.5. The lowest BCUT2D eigenvalue weighted by molar-refractivity contribution is 0.450. The molecular formula is C23H19N3O2. The van der Waals surface area contributed by atoms with Crippen LogP contribution < -0.4 is 5.43 Å². The first kappa shape index (κ1) is 17.5. The van der Waals surface area contributed by atoms with Crippen LogP contribution in [0, 0.1) is 0 Å². The number of anilines is 1. The summed E-state index contributed by atoms with van der Waals surface area (Å²) in [5.41, 5.74) is 6.76. The number of pyridine rings is 1. The Kier molecular flexibility index (Phi) is 4.89. The number of benzene rings is 3. The molecule has 1 heterocycles. The number of nitrogens with zero attached hydrogens (tertiary/aromatic N) is 2. The Balaban J connectivity index is 1.70. The highest BCUT2D eigenvalue weighted by molar-refractivity contribution is 6.04. The Morgan fingerprint density at radius 1 is 0.857 bits per heavy atom. The van der Waals surface area contributed by atoms with Crippen LogP contribution in [-0.4, -0.2) is 20.9 Å². The molecule has 5 nitrogen and oxygen atoms in total. The van der Waals surface area contributed by atoms with Crippen LogP contribution in [0.5, 0.6) is 11.5 Å². The van der Waals surface area contributed by atoms with E-state index in [0.29, 0.717) is 17.7 Å². The molecule has 138 valence electrons. The summed E-state index contributed by atoms with van der Waals surface area (Å²) in [4.78, 5) is 4.70. The molecule has 3 N–H and O–H groups in total. The number of rotatable bonds is 5. The van der Waals surface area contributed by atoms with Crippen molar-refractivity contribution < 1.29 is 10.2 Å². The van der Waals surface area contributed by atoms with Gasteiger partial charge in [-0.2, -0.15) is 5.10 Å². The fourth-order valence-corrected chi connectivity index (χ4v) is 2.98. The van der Waals surface area contributed by atoms with Gasteiger partial charge in [-0.1, -0.05) is 42.5 Å². The number of fused-ring (bicyclic) bond motifs is 1. The normalized spacial score (nSPS) is 11.5. The van der Waals surface area contributed by atoms with Crippen molar-refractivity contribution in [3.63, 3.8) is 0 Å². The SMILES string of the molecule is Oc1ccc(/C(Cc2ccc3ccccc3n2)=N\Nc2ccccc2)c(O)c1. The van der Waals surface area contributed by atoms with E-state index >= 15 is 0 Å². The summed E-state index contributed by atoms with van der Waals surface area (Å²) in [6.45, 7) is 0. The van der Waals surface area contributed by atoms with E-state index in [9.17, 15) is 10.2 Å². The molecule has 0 spiro atoms. The number of phenolic OH excluding ortho intramolecular Hbond substituents is 2. The van der Waals surface area contributed by atoms with E-state index < -0.39 is 0 Å². The average Bonchev–Trinajstić information content (AvgIpc) is 2.72. The van der Waals surface area contributed by atoms with E-state index in [4.69, 9.17) is 4.98 Å². The minimum absolute atomic E-state index is 0.000415. The van der Waals surface area contributed by atoms with E-state index in [1.54, 1.807) is 6.07 Å². The van der Waals surface area contributed by atoms with Gasteiger partial charge in [0.25, 0.3) is 0 Å². The van der Waals surface area contributed by atoms with Gasteiger partial charge in [0.05, 0.1) is 16.9 Å². The van der Waals surface area contributed by atoms with Crippen molar-refractivity contribution in [2.45, 2.75) is 6.42 Å². The zero-order chi connectivity index (χ0) is 19.3. The Hall–Kier alpha value is -3.86. The van der Waals surface area contributed by atoms with Crippen molar-refractivity contribution in [2.24, 2.45) is 5.10 Å². The van der Waals surface area contributed by atoms with Gasteiger partial charge in [-0.15, -0.1) is 0 Å². The average molecular weight is 369 g/mol. The van der Waals surface area contributed by atoms with Crippen LogP contribution >= 0.6 is 0 Å². The third-order valence-corrected chi connectivity index (χ3v) is 4.39. The topological polar surface area (TPSA) is 77.7 Å². The Labute approximate surface area is 162 Å². The lowest BCUT2D eigenvalue weighted by Crippen LogP contribution is -2.10. The molecule has 0 bridgehead atoms. The number of aromatic nitrogens is 1. The summed E-state index contributed by atoms with van der Waals surface area (Å²) in [5.74, 6) is -0.0325. The molecule has 1 aromatic heterocycles. The first-order valence-corrected chi connectivity index (χ1v) is 8.94. The molecule has 4 aromatic rings. The third-order valence-electron chi connectivity index (χ3n) is 4.39. The lowest BCUT2D eigenvalue weighted by atomic mass is 10.0. The second kappa shape index (κ2) is 7.80. The number of hydrogen-bond donors (Lipinski definition) is 3. The molecule has 4 rings (SSSR count). The van der Waals surface area contributed by atoms with Gasteiger partial charge in [-0.25, -0.2) is 0 Å². The van der Waals surface area contributed by atoms with Crippen molar-refractivity contribution in [3.05, 3.63) is 96.2 Å². The molecule has 0 amide bonds. The van der Waals surface area contributed by atoms with Crippen molar-refractivity contribution in [2.75, 3.05) is 5.43 Å². The summed E-state index contributed by atoms with van der Waals surface area (Å²) < 4.78 is 0. The standard InChI is InChI=1S/C23H19N3O2/c27-19-12-13-20(23(28)15-19)22(26-25-17-7-2-1-3-8-17)14-18-11-10-16-6-4-5-9-21(16)24-18/h1-13,15,25,27-28H,14H2/b26-22-. The molecule has 0 saturated carbocycles. The molecule has 0 aliphatic carbocycles. The number of aromatic hydroxyl groups is 2. The van der Waals surface area contributed by atoms with E-state index in [2.05, 4.69) is 10.5 Å². The maximum Gasteiger partial charge on any atom is 0.128 e. The van der Waals surface area contributed by atoms with Gasteiger partial charge in [-0.3, -0.25) is 10.4 Å². The van der Waals surface area contributed by atoms with E-state index in [0.717, 1.165) is 22.3 Å².